The van der Waals surface area contributed by atoms with Crippen LogP contribution in [0.25, 0.3) is 0 Å². The third-order valence-corrected chi connectivity index (χ3v) is 0.556. The molecule has 0 nitrogen and oxygen atoms in total. The van der Waals surface area contributed by atoms with Gasteiger partial charge in [-0.1, -0.05) is 0 Å². The second-order valence-electron chi connectivity index (χ2n) is 0.962. The molecule has 0 aliphatic heterocycles. The fourth-order valence-corrected chi connectivity index (χ4v) is 0.321. The monoisotopic (exact) mass is 230 g/mol. The zero-order chi connectivity index (χ0) is 3.54. The van der Waals surface area contributed by atoms with Crippen LogP contribution >= 0.6 is 24.8 Å². The van der Waals surface area contributed by atoms with Crippen LogP contribution < -0.4 is 0 Å². The van der Waals surface area contributed by atoms with Crippen LogP contribution in [0, 0.1) is 22.3 Å². The topological polar surface area (TPSA) is 0 Å². The average Bonchev–Trinajstić information content (AvgIpc) is 1.76. The Morgan fingerprint density at radius 2 is 1.00 bits per heavy atom. The Bertz CT molecular complexity index is 68.6. The van der Waals surface area contributed by atoms with E-state index < -0.39 is 0 Å². The minimum absolute atomic E-state index is 0. The molecule has 0 heterocycles. The third-order valence-electron chi connectivity index (χ3n) is 0.556. The van der Waals surface area contributed by atoms with Crippen molar-refractivity contribution in [3.05, 3.63) is 52.6 Å². The summed E-state index contributed by atoms with van der Waals surface area (Å²) in [6.45, 7) is 0. The first-order valence-corrected chi connectivity index (χ1v) is 1.67. The smallest absolute Gasteiger partial charge is 0.358 e. The van der Waals surface area contributed by atoms with E-state index in [1.807, 2.05) is 30.3 Å². The standard InChI is InChI=1S/C5H5.3CH3.2ClH.Ti/c1-2-4-5-3-1;;;;;;/h1-5H;3*1H3;2*1H;/q4*-1;;;+4. The Morgan fingerprint density at radius 3 is 1.09 bits per heavy atom. The molecule has 66 valence electrons. The van der Waals surface area contributed by atoms with Gasteiger partial charge in [-0.15, -0.1) is 24.8 Å². The predicted octanol–water partition coefficient (Wildman–Crippen LogP) is 3.60. The van der Waals surface area contributed by atoms with Crippen LogP contribution in [0.5, 0.6) is 0 Å². The molecule has 1 aromatic rings. The molecule has 0 N–H and O–H groups in total. The SMILES string of the molecule is Cl.Cl.[CH3-].[CH3-].[CH3-].[Ti+4].c1cc[cH-]c1. The third kappa shape index (κ3) is 25.0. The molecular weight excluding hydrogens is 215 g/mol. The molecule has 11 heavy (non-hydrogen) atoms. The van der Waals surface area contributed by atoms with Gasteiger partial charge in [0.25, 0.3) is 0 Å². The average molecular weight is 231 g/mol. The molecule has 0 radical (unpaired) electrons. The van der Waals surface area contributed by atoms with Crippen LogP contribution in [0.1, 0.15) is 0 Å². The van der Waals surface area contributed by atoms with E-state index >= 15 is 0 Å². The molecule has 0 aromatic heterocycles. The molecule has 0 aliphatic carbocycles. The van der Waals surface area contributed by atoms with Gasteiger partial charge in [0.1, 0.15) is 0 Å². The summed E-state index contributed by atoms with van der Waals surface area (Å²) >= 11 is 0. The van der Waals surface area contributed by atoms with Gasteiger partial charge in [-0.25, -0.2) is 12.1 Å². The fourth-order valence-electron chi connectivity index (χ4n) is 0.321. The van der Waals surface area contributed by atoms with Crippen molar-refractivity contribution in [3.63, 3.8) is 0 Å². The van der Waals surface area contributed by atoms with Crippen LogP contribution in [-0.4, -0.2) is 0 Å². The van der Waals surface area contributed by atoms with Gasteiger partial charge in [0, 0.05) is 0 Å². The van der Waals surface area contributed by atoms with E-state index in [-0.39, 0.29) is 68.8 Å². The number of halogens is 2. The molecule has 0 spiro atoms. The van der Waals surface area contributed by atoms with Gasteiger partial charge < -0.3 is 22.3 Å². The summed E-state index contributed by atoms with van der Waals surface area (Å²) in [7, 11) is 0. The molecule has 0 aliphatic rings. The van der Waals surface area contributed by atoms with Crippen LogP contribution in [-0.2, 0) is 21.7 Å². The van der Waals surface area contributed by atoms with Crippen molar-refractivity contribution in [2.24, 2.45) is 0 Å². The van der Waals surface area contributed by atoms with Crippen molar-refractivity contribution in [1.29, 1.82) is 0 Å². The summed E-state index contributed by atoms with van der Waals surface area (Å²) in [6.07, 6.45) is 0. The second-order valence-corrected chi connectivity index (χ2v) is 0.962. The maximum absolute atomic E-state index is 2.00. The first kappa shape index (κ1) is 41.4. The van der Waals surface area contributed by atoms with E-state index in [0.29, 0.717) is 0 Å². The van der Waals surface area contributed by atoms with Gasteiger partial charge in [0.05, 0.1) is 0 Å². The Hall–Kier alpha value is 0.644. The maximum Gasteiger partial charge on any atom is 4.00 e. The van der Waals surface area contributed by atoms with Crippen LogP contribution in [0.15, 0.2) is 30.3 Å². The van der Waals surface area contributed by atoms with Crippen molar-refractivity contribution in [2.45, 2.75) is 0 Å². The second kappa shape index (κ2) is 31.1. The normalized spacial score (nSPS) is 3.64. The summed E-state index contributed by atoms with van der Waals surface area (Å²) in [5.74, 6) is 0. The summed E-state index contributed by atoms with van der Waals surface area (Å²) in [5, 5.41) is 0. The molecule has 0 unspecified atom stereocenters. The summed E-state index contributed by atoms with van der Waals surface area (Å²) in [6, 6.07) is 10.0. The van der Waals surface area contributed by atoms with E-state index in [9.17, 15) is 0 Å². The van der Waals surface area contributed by atoms with Gasteiger partial charge in [0.2, 0.25) is 0 Å². The molecule has 3 heteroatoms. The van der Waals surface area contributed by atoms with Crippen molar-refractivity contribution < 1.29 is 21.7 Å². The molecular formula is C8H16Cl2Ti. The molecule has 0 amide bonds. The zero-order valence-corrected chi connectivity index (χ0v) is 10.4. The predicted molar refractivity (Wildman–Crippen MR) is 55.8 cm³/mol. The molecule has 0 saturated heterocycles. The van der Waals surface area contributed by atoms with E-state index in [1.165, 1.54) is 0 Å². The molecule has 0 bridgehead atoms. The zero-order valence-electron chi connectivity index (χ0n) is 7.20. The van der Waals surface area contributed by atoms with E-state index in [0.717, 1.165) is 0 Å². The quantitative estimate of drug-likeness (QED) is 0.472. The van der Waals surface area contributed by atoms with Gasteiger partial charge >= 0.3 is 21.7 Å². The van der Waals surface area contributed by atoms with Crippen LogP contribution in [0.2, 0.25) is 0 Å². The van der Waals surface area contributed by atoms with Gasteiger partial charge in [-0.3, -0.25) is 0 Å². The maximum atomic E-state index is 2.00. The van der Waals surface area contributed by atoms with E-state index in [1.54, 1.807) is 0 Å². The van der Waals surface area contributed by atoms with Gasteiger partial charge in [0.15, 0.2) is 0 Å². The molecule has 0 saturated carbocycles. The summed E-state index contributed by atoms with van der Waals surface area (Å²) in [4.78, 5) is 0. The van der Waals surface area contributed by atoms with Crippen molar-refractivity contribution in [3.8, 4) is 0 Å². The van der Waals surface area contributed by atoms with Crippen molar-refractivity contribution in [1.82, 2.24) is 0 Å². The fraction of sp³-hybridized carbons (Fsp3) is 0. The minimum atomic E-state index is 0. The number of rotatable bonds is 0. The summed E-state index contributed by atoms with van der Waals surface area (Å²) in [5.41, 5.74) is 0. The first-order chi connectivity index (χ1) is 2.50. The van der Waals surface area contributed by atoms with Gasteiger partial charge in [-0.05, 0) is 0 Å². The molecule has 0 atom stereocenters. The number of hydrogen-bond donors (Lipinski definition) is 0. The Morgan fingerprint density at radius 1 is 0.727 bits per heavy atom. The largest absolute Gasteiger partial charge is 4.00 e. The first-order valence-electron chi connectivity index (χ1n) is 1.67. The molecule has 0 fully saturated rings. The Kier molecular flexibility index (Phi) is 117. The molecule has 1 rings (SSSR count). The van der Waals surface area contributed by atoms with Crippen molar-refractivity contribution >= 4 is 24.8 Å². The van der Waals surface area contributed by atoms with E-state index in [4.69, 9.17) is 0 Å². The Balaban J connectivity index is -0.0000000104. The van der Waals surface area contributed by atoms with E-state index in [2.05, 4.69) is 0 Å². The number of hydrogen-bond acceptors (Lipinski definition) is 0. The van der Waals surface area contributed by atoms with Crippen molar-refractivity contribution in [2.75, 3.05) is 0 Å². The Labute approximate surface area is 98.8 Å². The minimum Gasteiger partial charge on any atom is -0.358 e. The molecule has 1 aromatic carbocycles. The van der Waals surface area contributed by atoms with Crippen LogP contribution in [0.4, 0.5) is 0 Å². The van der Waals surface area contributed by atoms with Crippen LogP contribution in [0.3, 0.4) is 0 Å². The van der Waals surface area contributed by atoms with Gasteiger partial charge in [-0.2, -0.15) is 18.2 Å². The summed E-state index contributed by atoms with van der Waals surface area (Å²) < 4.78 is 0.